The van der Waals surface area contributed by atoms with Crippen LogP contribution in [0.25, 0.3) is 5.57 Å². The molecule has 0 bridgehead atoms. The number of rotatable bonds is 7. The van der Waals surface area contributed by atoms with Crippen molar-refractivity contribution in [2.75, 3.05) is 26.8 Å². The van der Waals surface area contributed by atoms with Crippen molar-refractivity contribution in [3.05, 3.63) is 41.4 Å². The number of nitrogens with zero attached hydrogens (tertiary/aromatic N) is 4. The highest BCUT2D eigenvalue weighted by Crippen LogP contribution is 2.30. The monoisotopic (exact) mass is 456 g/mol. The topological polar surface area (TPSA) is 95.8 Å². The van der Waals surface area contributed by atoms with E-state index in [0.717, 1.165) is 16.8 Å². The van der Waals surface area contributed by atoms with Crippen molar-refractivity contribution in [2.24, 2.45) is 0 Å². The Kier molecular flexibility index (Phi) is 7.40. The zero-order valence-corrected chi connectivity index (χ0v) is 20.1. The van der Waals surface area contributed by atoms with Crippen molar-refractivity contribution >= 4 is 18.0 Å². The van der Waals surface area contributed by atoms with Crippen molar-refractivity contribution in [1.29, 1.82) is 0 Å². The number of aldehydes is 1. The maximum atomic E-state index is 12.7. The molecule has 0 fully saturated rings. The molecule has 0 aliphatic carbocycles. The van der Waals surface area contributed by atoms with Gasteiger partial charge in [-0.25, -0.2) is 9.78 Å². The molecule has 2 aromatic heterocycles. The lowest BCUT2D eigenvalue weighted by molar-refractivity contribution is 0.0268. The van der Waals surface area contributed by atoms with Gasteiger partial charge < -0.3 is 19.1 Å². The first-order chi connectivity index (χ1) is 15.6. The van der Waals surface area contributed by atoms with Crippen LogP contribution in [0.4, 0.5) is 4.79 Å². The molecule has 0 aromatic carbocycles. The van der Waals surface area contributed by atoms with E-state index >= 15 is 0 Å². The third-order valence-corrected chi connectivity index (χ3v) is 5.19. The summed E-state index contributed by atoms with van der Waals surface area (Å²) in [7, 11) is 1.49. The van der Waals surface area contributed by atoms with Crippen molar-refractivity contribution in [3.63, 3.8) is 0 Å². The van der Waals surface area contributed by atoms with E-state index in [9.17, 15) is 9.59 Å². The summed E-state index contributed by atoms with van der Waals surface area (Å²) in [6.45, 7) is 10.8. The van der Waals surface area contributed by atoms with Crippen molar-refractivity contribution in [2.45, 2.75) is 52.7 Å². The zero-order valence-electron chi connectivity index (χ0n) is 20.1. The molecule has 0 N–H and O–H groups in total. The van der Waals surface area contributed by atoms with E-state index in [4.69, 9.17) is 14.2 Å². The summed E-state index contributed by atoms with van der Waals surface area (Å²) in [4.78, 5) is 30.1. The summed E-state index contributed by atoms with van der Waals surface area (Å²) in [5, 5.41) is 4.46. The van der Waals surface area contributed by atoms with Crippen molar-refractivity contribution < 1.29 is 23.8 Å². The van der Waals surface area contributed by atoms with Crippen LogP contribution >= 0.6 is 0 Å². The average molecular weight is 457 g/mol. The second-order valence-corrected chi connectivity index (χ2v) is 9.16. The Morgan fingerprint density at radius 1 is 1.30 bits per heavy atom. The molecule has 3 heterocycles. The van der Waals surface area contributed by atoms with Crippen LogP contribution in [0.1, 0.15) is 63.1 Å². The molecule has 0 atom stereocenters. The molecule has 9 heteroatoms. The van der Waals surface area contributed by atoms with E-state index in [1.807, 2.05) is 31.5 Å². The highest BCUT2D eigenvalue weighted by molar-refractivity contribution is 5.80. The van der Waals surface area contributed by atoms with Gasteiger partial charge in [-0.15, -0.1) is 0 Å². The van der Waals surface area contributed by atoms with E-state index in [2.05, 4.69) is 23.9 Å². The third-order valence-electron chi connectivity index (χ3n) is 5.19. The maximum absolute atomic E-state index is 12.7. The van der Waals surface area contributed by atoms with Gasteiger partial charge in [0.15, 0.2) is 6.29 Å². The van der Waals surface area contributed by atoms with Gasteiger partial charge in [-0.2, -0.15) is 5.10 Å². The van der Waals surface area contributed by atoms with E-state index < -0.39 is 5.60 Å². The molecule has 9 nitrogen and oxygen atoms in total. The quantitative estimate of drug-likeness (QED) is 0.578. The molecule has 2 aromatic rings. The summed E-state index contributed by atoms with van der Waals surface area (Å²) in [5.74, 6) is 0.723. The first-order valence-corrected chi connectivity index (χ1v) is 11.0. The number of amides is 1. The third kappa shape index (κ3) is 5.91. The highest BCUT2D eigenvalue weighted by atomic mass is 16.6. The van der Waals surface area contributed by atoms with Gasteiger partial charge in [-0.3, -0.25) is 9.48 Å². The van der Waals surface area contributed by atoms with Gasteiger partial charge in [0.05, 0.1) is 31.1 Å². The molecule has 0 saturated heterocycles. The predicted octanol–water partition coefficient (Wildman–Crippen LogP) is 4.15. The molecule has 3 rings (SSSR count). The molecule has 0 unspecified atom stereocenters. The minimum Gasteiger partial charge on any atom is -0.487 e. The Labute approximate surface area is 194 Å². The zero-order chi connectivity index (χ0) is 24.2. The van der Waals surface area contributed by atoms with Crippen LogP contribution in [0.2, 0.25) is 0 Å². The van der Waals surface area contributed by atoms with E-state index in [-0.39, 0.29) is 18.7 Å². The molecule has 0 radical (unpaired) electrons. The number of carbonyl (C=O) groups excluding carboxylic acids is 2. The molecule has 1 aliphatic rings. The normalized spacial score (nSPS) is 14.5. The number of aromatic nitrogens is 3. The summed E-state index contributed by atoms with van der Waals surface area (Å²) in [5.41, 5.74) is 2.72. The summed E-state index contributed by atoms with van der Waals surface area (Å²) >= 11 is 0. The van der Waals surface area contributed by atoms with Crippen LogP contribution in [0.15, 0.2) is 30.1 Å². The fourth-order valence-corrected chi connectivity index (χ4v) is 3.60. The first kappa shape index (κ1) is 24.3. The smallest absolute Gasteiger partial charge is 0.410 e. The SMILES string of the molecule is COc1cc(C=O)c(OCC2=C(c3ccnn3C(C)C)CN(C(=O)OC(C)(C)C)CC2)cn1. The number of hydrogen-bond donors (Lipinski definition) is 0. The minimum atomic E-state index is -0.573. The van der Waals surface area contributed by atoms with Crippen LogP contribution in [0.3, 0.4) is 0 Å². The van der Waals surface area contributed by atoms with Gasteiger partial charge in [0.25, 0.3) is 0 Å². The number of hydrogen-bond acceptors (Lipinski definition) is 7. The fraction of sp³-hybridized carbons (Fsp3) is 0.500. The molecule has 1 amide bonds. The Balaban J connectivity index is 1.91. The average Bonchev–Trinajstić information content (AvgIpc) is 3.26. The second kappa shape index (κ2) is 10.1. The van der Waals surface area contributed by atoms with Gasteiger partial charge in [0.2, 0.25) is 5.88 Å². The second-order valence-electron chi connectivity index (χ2n) is 9.16. The molecular formula is C24H32N4O5. The van der Waals surface area contributed by atoms with Crippen molar-refractivity contribution in [1.82, 2.24) is 19.7 Å². The van der Waals surface area contributed by atoms with Crippen LogP contribution in [-0.4, -0.2) is 64.5 Å². The number of carbonyl (C=O) groups is 2. The lowest BCUT2D eigenvalue weighted by atomic mass is 9.97. The van der Waals surface area contributed by atoms with Gasteiger partial charge in [-0.1, -0.05) is 0 Å². The van der Waals surface area contributed by atoms with Gasteiger partial charge in [0.1, 0.15) is 18.0 Å². The summed E-state index contributed by atoms with van der Waals surface area (Å²) in [6, 6.07) is 3.63. The maximum Gasteiger partial charge on any atom is 0.410 e. The van der Waals surface area contributed by atoms with E-state index in [1.165, 1.54) is 19.4 Å². The van der Waals surface area contributed by atoms with Crippen LogP contribution < -0.4 is 9.47 Å². The predicted molar refractivity (Wildman–Crippen MR) is 124 cm³/mol. The first-order valence-electron chi connectivity index (χ1n) is 11.0. The molecule has 33 heavy (non-hydrogen) atoms. The van der Waals surface area contributed by atoms with Crippen molar-refractivity contribution in [3.8, 4) is 11.6 Å². The van der Waals surface area contributed by atoms with Gasteiger partial charge in [0, 0.05) is 24.8 Å². The van der Waals surface area contributed by atoms with Crippen LogP contribution in [-0.2, 0) is 4.74 Å². The van der Waals surface area contributed by atoms with Gasteiger partial charge in [-0.05, 0) is 58.3 Å². The number of pyridine rings is 1. The number of ether oxygens (including phenoxy) is 3. The molecule has 1 aliphatic heterocycles. The minimum absolute atomic E-state index is 0.147. The van der Waals surface area contributed by atoms with E-state index in [0.29, 0.717) is 43.0 Å². The Morgan fingerprint density at radius 2 is 2.06 bits per heavy atom. The van der Waals surface area contributed by atoms with E-state index in [1.54, 1.807) is 11.1 Å². The van der Waals surface area contributed by atoms with Gasteiger partial charge >= 0.3 is 6.09 Å². The van der Waals surface area contributed by atoms with Crippen LogP contribution in [0.5, 0.6) is 11.6 Å². The number of methoxy groups -OCH3 is 1. The molecule has 0 spiro atoms. The fourth-order valence-electron chi connectivity index (χ4n) is 3.60. The molecular weight excluding hydrogens is 424 g/mol. The molecule has 178 valence electrons. The Hall–Kier alpha value is -3.36. The highest BCUT2D eigenvalue weighted by Gasteiger charge is 2.29. The lowest BCUT2D eigenvalue weighted by Crippen LogP contribution is -2.41. The summed E-state index contributed by atoms with van der Waals surface area (Å²) < 4.78 is 18.6. The molecule has 0 saturated carbocycles. The Morgan fingerprint density at radius 3 is 2.70 bits per heavy atom. The lowest BCUT2D eigenvalue weighted by Gasteiger charge is -2.33. The Bertz CT molecular complexity index is 1040. The van der Waals surface area contributed by atoms with Crippen LogP contribution in [0, 0.1) is 0 Å². The largest absolute Gasteiger partial charge is 0.487 e. The standard InChI is InChI=1S/C24H32N4O5/c1-16(2)28-20(7-9-26-28)19-13-27(23(30)33-24(3,4)5)10-8-17(19)15-32-21-12-25-22(31-6)11-18(21)14-29/h7,9,11-12,14,16H,8,10,13,15H2,1-6H3. The summed E-state index contributed by atoms with van der Waals surface area (Å²) in [6.07, 6.45) is 4.21.